The zero-order valence-corrected chi connectivity index (χ0v) is 18.0. The first-order valence-electron chi connectivity index (χ1n) is 9.07. The Morgan fingerprint density at radius 1 is 1.09 bits per heavy atom. The van der Waals surface area contributed by atoms with E-state index in [-0.39, 0.29) is 16.4 Å². The summed E-state index contributed by atoms with van der Waals surface area (Å²) in [7, 11) is 0. The quantitative estimate of drug-likeness (QED) is 0.345. The van der Waals surface area contributed by atoms with Crippen LogP contribution in [0.25, 0.3) is 0 Å². The molecule has 32 heavy (non-hydrogen) atoms. The number of rotatable bonds is 5. The molecule has 1 aliphatic rings. The van der Waals surface area contributed by atoms with Crippen LogP contribution in [0.1, 0.15) is 6.92 Å². The number of hydrogen-bond acceptors (Lipinski definition) is 6. The molecular weight excluding hydrogens is 459 g/mol. The monoisotopic (exact) mass is 474 g/mol. The van der Waals surface area contributed by atoms with Crippen LogP contribution in [0.5, 0.6) is 0 Å². The third-order valence-corrected chi connectivity index (χ3v) is 4.88. The van der Waals surface area contributed by atoms with E-state index in [0.717, 1.165) is 5.01 Å². The predicted molar refractivity (Wildman–Crippen MR) is 120 cm³/mol. The number of nitrogens with one attached hydrogen (secondary N) is 2. The van der Waals surface area contributed by atoms with Gasteiger partial charge in [-0.25, -0.2) is 5.43 Å². The summed E-state index contributed by atoms with van der Waals surface area (Å²) in [4.78, 5) is 48.8. The minimum Gasteiger partial charge on any atom is -0.361 e. The van der Waals surface area contributed by atoms with Gasteiger partial charge in [-0.15, -0.1) is 0 Å². The van der Waals surface area contributed by atoms with Crippen LogP contribution < -0.4 is 21.5 Å². The van der Waals surface area contributed by atoms with E-state index in [1.807, 2.05) is 5.43 Å². The lowest BCUT2D eigenvalue weighted by molar-refractivity contribution is -0.137. The van der Waals surface area contributed by atoms with Crippen molar-refractivity contribution in [2.24, 2.45) is 21.9 Å². The number of carbonyl (C=O) groups excluding carboxylic acids is 4. The van der Waals surface area contributed by atoms with Gasteiger partial charge < -0.3 is 11.1 Å². The van der Waals surface area contributed by atoms with E-state index in [1.54, 1.807) is 30.3 Å². The van der Waals surface area contributed by atoms with E-state index in [0.29, 0.717) is 10.7 Å². The summed E-state index contributed by atoms with van der Waals surface area (Å²) < 4.78 is 0. The Morgan fingerprint density at radius 2 is 1.78 bits per heavy atom. The number of nitrogens with zero attached hydrogens (tertiary/aromatic N) is 3. The van der Waals surface area contributed by atoms with E-state index in [1.165, 1.54) is 25.1 Å². The molecule has 0 fully saturated rings. The lowest BCUT2D eigenvalue weighted by Gasteiger charge is -2.16. The Morgan fingerprint density at radius 3 is 2.44 bits per heavy atom. The summed E-state index contributed by atoms with van der Waals surface area (Å²) in [5, 5.41) is 12.0. The van der Waals surface area contributed by atoms with Gasteiger partial charge in [-0.05, 0) is 37.3 Å². The fourth-order valence-electron chi connectivity index (χ4n) is 2.83. The molecule has 4 N–H and O–H groups in total. The van der Waals surface area contributed by atoms with Crippen LogP contribution in [0.4, 0.5) is 11.4 Å². The molecule has 4 amide bonds. The number of para-hydroxylation sites is 1. The normalized spacial score (nSPS) is 15.9. The van der Waals surface area contributed by atoms with Crippen molar-refractivity contribution < 1.29 is 19.2 Å². The zero-order chi connectivity index (χ0) is 23.4. The maximum Gasteiger partial charge on any atom is 0.329 e. The SMILES string of the molecule is CC1=NN(c2ccccc2)C(=O)[C@@H]1/C(=N/NC(=O)C(N)=O)C(=O)Nc1cc(Cl)ccc1Cl. The number of primary amides is 1. The van der Waals surface area contributed by atoms with Crippen molar-refractivity contribution in [2.75, 3.05) is 10.3 Å². The second-order valence-electron chi connectivity index (χ2n) is 6.54. The molecule has 1 heterocycles. The Bertz CT molecular complexity index is 1170. The number of anilines is 2. The molecule has 0 aliphatic carbocycles. The van der Waals surface area contributed by atoms with Gasteiger partial charge in [0.2, 0.25) is 0 Å². The third-order valence-electron chi connectivity index (χ3n) is 4.32. The van der Waals surface area contributed by atoms with Crippen LogP contribution in [0.2, 0.25) is 10.0 Å². The lowest BCUT2D eigenvalue weighted by Crippen LogP contribution is -2.42. The Kier molecular flexibility index (Phi) is 6.86. The molecule has 0 spiro atoms. The van der Waals surface area contributed by atoms with E-state index >= 15 is 0 Å². The molecule has 0 aromatic heterocycles. The maximum absolute atomic E-state index is 13.1. The van der Waals surface area contributed by atoms with Gasteiger partial charge in [0.25, 0.3) is 11.8 Å². The van der Waals surface area contributed by atoms with Gasteiger partial charge in [-0.1, -0.05) is 41.4 Å². The van der Waals surface area contributed by atoms with Crippen molar-refractivity contribution in [3.05, 3.63) is 58.6 Å². The van der Waals surface area contributed by atoms with Gasteiger partial charge in [0, 0.05) is 5.02 Å². The lowest BCUT2D eigenvalue weighted by atomic mass is 9.97. The molecule has 164 valence electrons. The smallest absolute Gasteiger partial charge is 0.329 e. The number of carbonyl (C=O) groups is 4. The number of hydrogen-bond donors (Lipinski definition) is 3. The third kappa shape index (κ3) is 4.93. The number of benzene rings is 2. The van der Waals surface area contributed by atoms with E-state index in [9.17, 15) is 19.2 Å². The average Bonchev–Trinajstić information content (AvgIpc) is 3.05. The highest BCUT2D eigenvalue weighted by molar-refractivity contribution is 6.53. The van der Waals surface area contributed by atoms with Crippen LogP contribution in [-0.2, 0) is 19.2 Å². The number of amides is 4. The first-order chi connectivity index (χ1) is 15.2. The van der Waals surface area contributed by atoms with E-state index < -0.39 is 35.3 Å². The molecule has 0 saturated carbocycles. The van der Waals surface area contributed by atoms with Crippen LogP contribution in [0.15, 0.2) is 58.7 Å². The number of halogens is 2. The number of nitrogens with two attached hydrogens (primary N) is 1. The van der Waals surface area contributed by atoms with Gasteiger partial charge in [0.05, 0.1) is 22.1 Å². The van der Waals surface area contributed by atoms with E-state index in [2.05, 4.69) is 15.5 Å². The largest absolute Gasteiger partial charge is 0.361 e. The summed E-state index contributed by atoms with van der Waals surface area (Å²) in [5.41, 5.74) is 7.21. The molecular formula is C20H16Cl2N6O4. The molecule has 10 nitrogen and oxygen atoms in total. The van der Waals surface area contributed by atoms with Gasteiger partial charge in [0.15, 0.2) is 0 Å². The molecule has 1 atom stereocenters. The first-order valence-corrected chi connectivity index (χ1v) is 9.82. The molecule has 0 bridgehead atoms. The average molecular weight is 475 g/mol. The minimum atomic E-state index is -1.32. The van der Waals surface area contributed by atoms with Gasteiger partial charge in [0.1, 0.15) is 11.6 Å². The number of hydrazone groups is 2. The van der Waals surface area contributed by atoms with Crippen molar-refractivity contribution in [1.82, 2.24) is 5.43 Å². The summed E-state index contributed by atoms with van der Waals surface area (Å²) in [6, 6.07) is 12.9. The second-order valence-corrected chi connectivity index (χ2v) is 7.38. The second kappa shape index (κ2) is 9.58. The summed E-state index contributed by atoms with van der Waals surface area (Å²) >= 11 is 12.0. The van der Waals surface area contributed by atoms with Crippen molar-refractivity contribution in [2.45, 2.75) is 6.92 Å². The fourth-order valence-corrected chi connectivity index (χ4v) is 3.16. The van der Waals surface area contributed by atoms with Crippen LogP contribution >= 0.6 is 23.2 Å². The van der Waals surface area contributed by atoms with Crippen molar-refractivity contribution in [3.8, 4) is 0 Å². The summed E-state index contributed by atoms with van der Waals surface area (Å²) in [6.07, 6.45) is 0. The van der Waals surface area contributed by atoms with Crippen molar-refractivity contribution in [3.63, 3.8) is 0 Å². The maximum atomic E-state index is 13.1. The van der Waals surface area contributed by atoms with Crippen molar-refractivity contribution in [1.29, 1.82) is 0 Å². The Balaban J connectivity index is 1.96. The van der Waals surface area contributed by atoms with Crippen LogP contribution in [-0.4, -0.2) is 35.1 Å². The fraction of sp³-hybridized carbons (Fsp3) is 0.100. The highest BCUT2D eigenvalue weighted by Crippen LogP contribution is 2.27. The summed E-state index contributed by atoms with van der Waals surface area (Å²) in [5.74, 6) is -5.30. The predicted octanol–water partition coefficient (Wildman–Crippen LogP) is 1.93. The highest BCUT2D eigenvalue weighted by atomic mass is 35.5. The van der Waals surface area contributed by atoms with Gasteiger partial charge in [-0.2, -0.15) is 15.2 Å². The zero-order valence-electron chi connectivity index (χ0n) is 16.5. The molecule has 0 saturated heterocycles. The Hall–Kier alpha value is -3.76. The van der Waals surface area contributed by atoms with Crippen LogP contribution in [0, 0.1) is 5.92 Å². The van der Waals surface area contributed by atoms with E-state index in [4.69, 9.17) is 28.9 Å². The first kappa shape index (κ1) is 22.9. The van der Waals surface area contributed by atoms with Gasteiger partial charge in [-0.3, -0.25) is 19.2 Å². The molecule has 3 rings (SSSR count). The molecule has 12 heteroatoms. The van der Waals surface area contributed by atoms with Gasteiger partial charge >= 0.3 is 11.8 Å². The minimum absolute atomic E-state index is 0.151. The highest BCUT2D eigenvalue weighted by Gasteiger charge is 2.41. The molecule has 2 aromatic rings. The molecule has 0 radical (unpaired) electrons. The van der Waals surface area contributed by atoms with Crippen molar-refractivity contribution >= 4 is 69.6 Å². The molecule has 0 unspecified atom stereocenters. The molecule has 1 aliphatic heterocycles. The standard InChI is InChI=1S/C20H16Cl2N6O4/c1-10-15(20(32)28(27-10)12-5-3-2-4-6-12)16(25-26-19(31)17(23)29)18(30)24-14-9-11(21)7-8-13(14)22/h2-9,15H,1H3,(H2,23,29)(H,24,30)(H,26,31)/b25-16-/t15-/m0/s1. The topological polar surface area (TPSA) is 146 Å². The molecule has 2 aromatic carbocycles. The van der Waals surface area contributed by atoms with Crippen LogP contribution in [0.3, 0.4) is 0 Å². The summed E-state index contributed by atoms with van der Waals surface area (Å²) in [6.45, 7) is 1.52. The Labute approximate surface area is 192 Å².